The second-order valence-corrected chi connectivity index (χ2v) is 3.98. The van der Waals surface area contributed by atoms with Crippen LogP contribution in [0.25, 0.3) is 0 Å². The summed E-state index contributed by atoms with van der Waals surface area (Å²) in [6.45, 7) is 6.50. The monoisotopic (exact) mass is 200 g/mol. The lowest BCUT2D eigenvalue weighted by atomic mass is 10.0. The summed E-state index contributed by atoms with van der Waals surface area (Å²) >= 11 is 5.88. The number of H-pyrrole nitrogens is 1. The third-order valence-electron chi connectivity index (χ3n) is 2.12. The molecule has 0 atom stereocenters. The normalized spacial score (nSPS) is 11.2. The van der Waals surface area contributed by atoms with Crippen molar-refractivity contribution in [3.05, 3.63) is 17.0 Å². The molecule has 0 aromatic carbocycles. The summed E-state index contributed by atoms with van der Waals surface area (Å²) in [6.07, 6.45) is 1.99. The highest BCUT2D eigenvalue weighted by Gasteiger charge is 2.11. The van der Waals surface area contributed by atoms with Crippen LogP contribution in [0, 0.1) is 5.92 Å². The third kappa shape index (κ3) is 2.47. The van der Waals surface area contributed by atoms with Gasteiger partial charge in [0.15, 0.2) is 0 Å². The average Bonchev–Trinajstić information content (AvgIpc) is 2.45. The zero-order valence-electron chi connectivity index (χ0n) is 8.52. The van der Waals surface area contributed by atoms with E-state index in [2.05, 4.69) is 31.0 Å². The number of rotatable bonds is 4. The van der Waals surface area contributed by atoms with Crippen LogP contribution in [-0.4, -0.2) is 10.2 Å². The average molecular weight is 201 g/mol. The summed E-state index contributed by atoms with van der Waals surface area (Å²) in [7, 11) is 0. The SMILES string of the molecule is CCc1n[nH]c(CC(C)C)c1CCl. The molecule has 3 heteroatoms. The number of halogens is 1. The van der Waals surface area contributed by atoms with Crippen molar-refractivity contribution in [3.8, 4) is 0 Å². The van der Waals surface area contributed by atoms with Gasteiger partial charge in [-0.25, -0.2) is 0 Å². The number of hydrogen-bond acceptors (Lipinski definition) is 1. The molecule has 0 saturated heterocycles. The Kier molecular flexibility index (Phi) is 3.79. The number of aryl methyl sites for hydroxylation is 1. The first-order chi connectivity index (χ1) is 6.19. The van der Waals surface area contributed by atoms with Gasteiger partial charge in [0.1, 0.15) is 0 Å². The smallest absolute Gasteiger partial charge is 0.0666 e. The molecule has 1 N–H and O–H groups in total. The van der Waals surface area contributed by atoms with Crippen LogP contribution in [0.4, 0.5) is 0 Å². The second-order valence-electron chi connectivity index (χ2n) is 3.71. The second kappa shape index (κ2) is 4.66. The van der Waals surface area contributed by atoms with Gasteiger partial charge in [-0.05, 0) is 18.8 Å². The zero-order chi connectivity index (χ0) is 9.84. The summed E-state index contributed by atoms with van der Waals surface area (Å²) in [5.41, 5.74) is 3.53. The summed E-state index contributed by atoms with van der Waals surface area (Å²) in [5, 5.41) is 7.32. The number of alkyl halides is 1. The molecule has 0 spiro atoms. The number of hydrogen-bond donors (Lipinski definition) is 1. The molecule has 0 fully saturated rings. The van der Waals surface area contributed by atoms with Crippen LogP contribution in [0.5, 0.6) is 0 Å². The Bertz CT molecular complexity index is 266. The quantitative estimate of drug-likeness (QED) is 0.744. The Morgan fingerprint density at radius 1 is 1.46 bits per heavy atom. The molecule has 0 saturated carbocycles. The van der Waals surface area contributed by atoms with E-state index in [0.717, 1.165) is 18.5 Å². The molecule has 13 heavy (non-hydrogen) atoms. The van der Waals surface area contributed by atoms with Crippen molar-refractivity contribution in [1.82, 2.24) is 10.2 Å². The van der Waals surface area contributed by atoms with E-state index in [9.17, 15) is 0 Å². The molecule has 1 aromatic heterocycles. The first kappa shape index (κ1) is 10.6. The van der Waals surface area contributed by atoms with E-state index in [-0.39, 0.29) is 0 Å². The van der Waals surface area contributed by atoms with Crippen molar-refractivity contribution in [2.75, 3.05) is 0 Å². The largest absolute Gasteiger partial charge is 0.282 e. The van der Waals surface area contributed by atoms with E-state index in [0.29, 0.717) is 11.8 Å². The summed E-state index contributed by atoms with van der Waals surface area (Å²) in [4.78, 5) is 0. The van der Waals surface area contributed by atoms with Crippen LogP contribution in [0.15, 0.2) is 0 Å². The van der Waals surface area contributed by atoms with Gasteiger partial charge in [-0.2, -0.15) is 5.10 Å². The van der Waals surface area contributed by atoms with Crippen LogP contribution in [0.2, 0.25) is 0 Å². The van der Waals surface area contributed by atoms with Crippen LogP contribution in [-0.2, 0) is 18.7 Å². The van der Waals surface area contributed by atoms with E-state index in [1.165, 1.54) is 11.3 Å². The third-order valence-corrected chi connectivity index (χ3v) is 2.39. The number of aromatic nitrogens is 2. The molecule has 1 aromatic rings. The van der Waals surface area contributed by atoms with Gasteiger partial charge in [-0.1, -0.05) is 20.8 Å². The minimum absolute atomic E-state index is 0.571. The highest BCUT2D eigenvalue weighted by molar-refractivity contribution is 6.17. The molecule has 0 aliphatic rings. The van der Waals surface area contributed by atoms with E-state index in [4.69, 9.17) is 11.6 Å². The van der Waals surface area contributed by atoms with E-state index < -0.39 is 0 Å². The molecule has 2 nitrogen and oxygen atoms in total. The number of nitrogens with zero attached hydrogens (tertiary/aromatic N) is 1. The maximum absolute atomic E-state index is 5.88. The minimum atomic E-state index is 0.571. The Balaban J connectivity index is 2.87. The van der Waals surface area contributed by atoms with E-state index >= 15 is 0 Å². The van der Waals surface area contributed by atoms with E-state index in [1.807, 2.05) is 0 Å². The van der Waals surface area contributed by atoms with Crippen LogP contribution in [0.1, 0.15) is 37.7 Å². The lowest BCUT2D eigenvalue weighted by Crippen LogP contribution is -1.98. The molecule has 0 radical (unpaired) electrons. The molecule has 1 rings (SSSR count). The van der Waals surface area contributed by atoms with Gasteiger partial charge < -0.3 is 0 Å². The minimum Gasteiger partial charge on any atom is -0.282 e. The zero-order valence-corrected chi connectivity index (χ0v) is 9.28. The van der Waals surface area contributed by atoms with Gasteiger partial charge in [0.05, 0.1) is 11.6 Å². The van der Waals surface area contributed by atoms with Gasteiger partial charge in [0, 0.05) is 11.3 Å². The molecule has 1 heterocycles. The number of aromatic amines is 1. The predicted molar refractivity (Wildman–Crippen MR) is 56.1 cm³/mol. The molecular formula is C10H17ClN2. The van der Waals surface area contributed by atoms with E-state index in [1.54, 1.807) is 0 Å². The fraction of sp³-hybridized carbons (Fsp3) is 0.700. The predicted octanol–water partition coefficient (Wildman–Crippen LogP) is 2.91. The lowest BCUT2D eigenvalue weighted by molar-refractivity contribution is 0.631. The maximum atomic E-state index is 5.88. The van der Waals surface area contributed by atoms with Gasteiger partial charge in [-0.15, -0.1) is 11.6 Å². The van der Waals surface area contributed by atoms with Gasteiger partial charge in [0.25, 0.3) is 0 Å². The molecule has 0 aliphatic heterocycles. The standard InChI is InChI=1S/C10H17ClN2/c1-4-9-8(6-11)10(13-12-9)5-7(2)3/h7H,4-6H2,1-3H3,(H,12,13). The van der Waals surface area contributed by atoms with Crippen molar-refractivity contribution in [2.24, 2.45) is 5.92 Å². The Morgan fingerprint density at radius 2 is 2.15 bits per heavy atom. The molecule has 0 aliphatic carbocycles. The molecule has 0 bridgehead atoms. The first-order valence-electron chi connectivity index (χ1n) is 4.80. The molecule has 0 amide bonds. The van der Waals surface area contributed by atoms with Gasteiger partial charge in [-0.3, -0.25) is 5.10 Å². The molecule has 0 unspecified atom stereocenters. The highest BCUT2D eigenvalue weighted by atomic mass is 35.5. The number of nitrogens with one attached hydrogen (secondary N) is 1. The Morgan fingerprint density at radius 3 is 2.62 bits per heavy atom. The van der Waals surface area contributed by atoms with Gasteiger partial charge in [0.2, 0.25) is 0 Å². The molecular weight excluding hydrogens is 184 g/mol. The van der Waals surface area contributed by atoms with Crippen LogP contribution >= 0.6 is 11.6 Å². The van der Waals surface area contributed by atoms with Crippen LogP contribution in [0.3, 0.4) is 0 Å². The molecule has 74 valence electrons. The fourth-order valence-electron chi connectivity index (χ4n) is 1.47. The Labute approximate surface area is 84.7 Å². The topological polar surface area (TPSA) is 28.7 Å². The summed E-state index contributed by atoms with van der Waals surface area (Å²) in [5.74, 6) is 1.22. The van der Waals surface area contributed by atoms with Crippen molar-refractivity contribution < 1.29 is 0 Å². The highest BCUT2D eigenvalue weighted by Crippen LogP contribution is 2.17. The maximum Gasteiger partial charge on any atom is 0.0666 e. The van der Waals surface area contributed by atoms with Crippen molar-refractivity contribution in [3.63, 3.8) is 0 Å². The van der Waals surface area contributed by atoms with Crippen molar-refractivity contribution in [2.45, 2.75) is 39.5 Å². The van der Waals surface area contributed by atoms with Crippen LogP contribution < -0.4 is 0 Å². The fourth-order valence-corrected chi connectivity index (χ4v) is 1.79. The van der Waals surface area contributed by atoms with Gasteiger partial charge >= 0.3 is 0 Å². The first-order valence-corrected chi connectivity index (χ1v) is 5.33. The van der Waals surface area contributed by atoms with Crippen molar-refractivity contribution in [1.29, 1.82) is 0 Å². The lowest BCUT2D eigenvalue weighted by Gasteiger charge is -2.03. The Hall–Kier alpha value is -0.500. The summed E-state index contributed by atoms with van der Waals surface area (Å²) < 4.78 is 0. The van der Waals surface area contributed by atoms with Crippen molar-refractivity contribution >= 4 is 11.6 Å². The summed E-state index contributed by atoms with van der Waals surface area (Å²) in [6, 6.07) is 0.